The molecule has 0 amide bonds. The number of rotatable bonds is 10. The van der Waals surface area contributed by atoms with Crippen molar-refractivity contribution in [3.05, 3.63) is 96.7 Å². The van der Waals surface area contributed by atoms with Crippen LogP contribution in [-0.4, -0.2) is 11.6 Å². The average molecular weight is 388 g/mol. The first-order chi connectivity index (χ1) is 14.1. The standard InChI is InChI=1S/C26H29NO2/c1-4-26(3,21-16-18-23(19-17-21)28-5-2)20-10-12-22-11-9-15-25(27-22)29-24-13-7-6-8-14-24/h4,6-9,11,13-19H,1,5,10,12,20H2,2-3H3. The summed E-state index contributed by atoms with van der Waals surface area (Å²) in [5.74, 6) is 2.33. The van der Waals surface area contributed by atoms with E-state index < -0.39 is 0 Å². The highest BCUT2D eigenvalue weighted by molar-refractivity contribution is 5.35. The van der Waals surface area contributed by atoms with E-state index in [4.69, 9.17) is 9.47 Å². The summed E-state index contributed by atoms with van der Waals surface area (Å²) in [5.41, 5.74) is 2.21. The van der Waals surface area contributed by atoms with Gasteiger partial charge in [0.2, 0.25) is 5.88 Å². The summed E-state index contributed by atoms with van der Waals surface area (Å²) in [5, 5.41) is 0. The second kappa shape index (κ2) is 9.92. The quantitative estimate of drug-likeness (QED) is 0.361. The molecule has 0 aliphatic rings. The zero-order valence-electron chi connectivity index (χ0n) is 17.3. The molecule has 1 unspecified atom stereocenters. The van der Waals surface area contributed by atoms with E-state index in [1.54, 1.807) is 0 Å². The second-order valence-corrected chi connectivity index (χ2v) is 7.31. The van der Waals surface area contributed by atoms with Gasteiger partial charge in [-0.3, -0.25) is 0 Å². The van der Waals surface area contributed by atoms with Gasteiger partial charge >= 0.3 is 0 Å². The molecule has 0 saturated carbocycles. The predicted octanol–water partition coefficient (Wildman–Crippen LogP) is 6.74. The number of hydrogen-bond acceptors (Lipinski definition) is 3. The maximum atomic E-state index is 5.85. The van der Waals surface area contributed by atoms with Gasteiger partial charge < -0.3 is 9.47 Å². The summed E-state index contributed by atoms with van der Waals surface area (Å²) in [4.78, 5) is 4.65. The molecule has 3 heteroatoms. The molecule has 29 heavy (non-hydrogen) atoms. The number of aryl methyl sites for hydroxylation is 1. The molecule has 3 aromatic rings. The van der Waals surface area contributed by atoms with E-state index in [2.05, 4.69) is 36.7 Å². The minimum Gasteiger partial charge on any atom is -0.494 e. The summed E-state index contributed by atoms with van der Waals surface area (Å²) in [6.07, 6.45) is 4.95. The summed E-state index contributed by atoms with van der Waals surface area (Å²) < 4.78 is 11.4. The Morgan fingerprint density at radius 3 is 2.38 bits per heavy atom. The van der Waals surface area contributed by atoms with Gasteiger partial charge in [0.1, 0.15) is 11.5 Å². The molecular formula is C26H29NO2. The van der Waals surface area contributed by atoms with Crippen LogP contribution < -0.4 is 9.47 Å². The second-order valence-electron chi connectivity index (χ2n) is 7.31. The molecule has 1 atom stereocenters. The Labute approximate surface area is 174 Å². The number of hydrogen-bond donors (Lipinski definition) is 0. The van der Waals surface area contributed by atoms with Crippen molar-refractivity contribution in [2.75, 3.05) is 6.61 Å². The highest BCUT2D eigenvalue weighted by Crippen LogP contribution is 2.32. The maximum Gasteiger partial charge on any atom is 0.219 e. The number of nitrogens with zero attached hydrogens (tertiary/aromatic N) is 1. The van der Waals surface area contributed by atoms with Gasteiger partial charge in [0.05, 0.1) is 6.61 Å². The number of pyridine rings is 1. The third-order valence-electron chi connectivity index (χ3n) is 5.15. The maximum absolute atomic E-state index is 5.85. The van der Waals surface area contributed by atoms with Crippen LogP contribution in [0, 0.1) is 0 Å². The number of allylic oxidation sites excluding steroid dienone is 1. The molecule has 1 aromatic heterocycles. The summed E-state index contributed by atoms with van der Waals surface area (Å²) >= 11 is 0. The highest BCUT2D eigenvalue weighted by atomic mass is 16.5. The molecule has 0 aliphatic carbocycles. The van der Waals surface area contributed by atoms with Crippen LogP contribution in [0.2, 0.25) is 0 Å². The van der Waals surface area contributed by atoms with E-state index in [0.717, 1.165) is 36.5 Å². The fourth-order valence-electron chi connectivity index (χ4n) is 3.36. The predicted molar refractivity (Wildman–Crippen MR) is 119 cm³/mol. The Bertz CT molecular complexity index is 906. The lowest BCUT2D eigenvalue weighted by Crippen LogP contribution is -2.19. The van der Waals surface area contributed by atoms with E-state index in [0.29, 0.717) is 12.5 Å². The van der Waals surface area contributed by atoms with Crippen molar-refractivity contribution < 1.29 is 9.47 Å². The van der Waals surface area contributed by atoms with E-state index in [1.165, 1.54) is 5.56 Å². The molecule has 150 valence electrons. The average Bonchev–Trinajstić information content (AvgIpc) is 2.75. The first-order valence-electron chi connectivity index (χ1n) is 10.2. The van der Waals surface area contributed by atoms with E-state index in [9.17, 15) is 0 Å². The lowest BCUT2D eigenvalue weighted by atomic mass is 9.78. The fraction of sp³-hybridized carbons (Fsp3) is 0.269. The highest BCUT2D eigenvalue weighted by Gasteiger charge is 2.22. The van der Waals surface area contributed by atoms with Crippen molar-refractivity contribution in [3.8, 4) is 17.4 Å². The van der Waals surface area contributed by atoms with Crippen molar-refractivity contribution >= 4 is 0 Å². The molecule has 0 N–H and O–H groups in total. The Morgan fingerprint density at radius 2 is 1.69 bits per heavy atom. The number of para-hydroxylation sites is 1. The lowest BCUT2D eigenvalue weighted by molar-refractivity contribution is 0.340. The zero-order chi connectivity index (χ0) is 20.5. The van der Waals surface area contributed by atoms with Crippen LogP contribution in [0.3, 0.4) is 0 Å². The van der Waals surface area contributed by atoms with Gasteiger partial charge in [-0.1, -0.05) is 49.4 Å². The Morgan fingerprint density at radius 1 is 0.931 bits per heavy atom. The number of benzene rings is 2. The molecule has 3 nitrogen and oxygen atoms in total. The topological polar surface area (TPSA) is 31.4 Å². The van der Waals surface area contributed by atoms with Crippen molar-refractivity contribution in [1.29, 1.82) is 0 Å². The molecule has 0 bridgehead atoms. The van der Waals surface area contributed by atoms with Crippen molar-refractivity contribution in [2.24, 2.45) is 0 Å². The van der Waals surface area contributed by atoms with Crippen LogP contribution >= 0.6 is 0 Å². The van der Waals surface area contributed by atoms with E-state index >= 15 is 0 Å². The van der Waals surface area contributed by atoms with Crippen molar-refractivity contribution in [2.45, 2.75) is 38.5 Å². The minimum atomic E-state index is -0.0805. The monoisotopic (exact) mass is 387 g/mol. The Balaban J connectivity index is 1.60. The van der Waals surface area contributed by atoms with Crippen LogP contribution in [-0.2, 0) is 11.8 Å². The molecular weight excluding hydrogens is 358 g/mol. The van der Waals surface area contributed by atoms with Gasteiger partial charge in [-0.2, -0.15) is 0 Å². The van der Waals surface area contributed by atoms with Crippen LogP contribution in [0.5, 0.6) is 17.4 Å². The smallest absolute Gasteiger partial charge is 0.219 e. The van der Waals surface area contributed by atoms with Gasteiger partial charge in [-0.05, 0) is 62.1 Å². The number of aromatic nitrogens is 1. The van der Waals surface area contributed by atoms with Crippen LogP contribution in [0.4, 0.5) is 0 Å². The molecule has 3 rings (SSSR count). The third-order valence-corrected chi connectivity index (χ3v) is 5.15. The van der Waals surface area contributed by atoms with Gasteiger partial charge in [-0.25, -0.2) is 4.98 Å². The zero-order valence-corrected chi connectivity index (χ0v) is 17.3. The van der Waals surface area contributed by atoms with Crippen molar-refractivity contribution in [3.63, 3.8) is 0 Å². The van der Waals surface area contributed by atoms with Crippen molar-refractivity contribution in [1.82, 2.24) is 4.98 Å². The number of ether oxygens (including phenoxy) is 2. The normalized spacial score (nSPS) is 12.8. The first kappa shape index (κ1) is 20.7. The van der Waals surface area contributed by atoms with Gasteiger partial charge in [-0.15, -0.1) is 6.58 Å². The molecule has 0 radical (unpaired) electrons. The SMILES string of the molecule is C=CC(C)(CCCc1cccc(Oc2ccccc2)n1)c1ccc(OCC)cc1. The largest absolute Gasteiger partial charge is 0.494 e. The van der Waals surface area contributed by atoms with Gasteiger partial charge in [0.15, 0.2) is 0 Å². The Kier molecular flexibility index (Phi) is 7.07. The fourth-order valence-corrected chi connectivity index (χ4v) is 3.36. The van der Waals surface area contributed by atoms with Crippen LogP contribution in [0.15, 0.2) is 85.5 Å². The first-order valence-corrected chi connectivity index (χ1v) is 10.2. The summed E-state index contributed by atoms with van der Waals surface area (Å²) in [6.45, 7) is 9.00. The molecule has 2 aromatic carbocycles. The van der Waals surface area contributed by atoms with Crippen LogP contribution in [0.25, 0.3) is 0 Å². The lowest BCUT2D eigenvalue weighted by Gasteiger charge is -2.26. The molecule has 0 aliphatic heterocycles. The van der Waals surface area contributed by atoms with Gasteiger partial charge in [0.25, 0.3) is 0 Å². The summed E-state index contributed by atoms with van der Waals surface area (Å²) in [7, 11) is 0. The molecule has 1 heterocycles. The van der Waals surface area contributed by atoms with Crippen LogP contribution in [0.1, 0.15) is 37.9 Å². The van der Waals surface area contributed by atoms with E-state index in [-0.39, 0.29) is 5.41 Å². The van der Waals surface area contributed by atoms with Gasteiger partial charge in [0, 0.05) is 17.2 Å². The molecule has 0 spiro atoms. The molecule has 0 saturated heterocycles. The van der Waals surface area contributed by atoms with E-state index in [1.807, 2.05) is 67.6 Å². The Hall–Kier alpha value is -3.07. The minimum absolute atomic E-state index is 0.0805. The summed E-state index contributed by atoms with van der Waals surface area (Å²) in [6, 6.07) is 24.0. The third kappa shape index (κ3) is 5.71. The molecule has 0 fully saturated rings.